The summed E-state index contributed by atoms with van der Waals surface area (Å²) in [4.78, 5) is 0. The molecule has 0 saturated carbocycles. The SMILES string of the molecule is CCn1c(=N)n(CCOc2ccccc2C)c2ccccc21. The number of aryl methyl sites for hydroxylation is 2. The van der Waals surface area contributed by atoms with Crippen LogP contribution in [0.4, 0.5) is 0 Å². The molecule has 114 valence electrons. The Hall–Kier alpha value is -2.49. The number of nitrogens with one attached hydrogen (secondary N) is 1. The normalized spacial score (nSPS) is 11.0. The molecule has 22 heavy (non-hydrogen) atoms. The molecular weight excluding hydrogens is 274 g/mol. The van der Waals surface area contributed by atoms with Crippen molar-refractivity contribution in [2.24, 2.45) is 0 Å². The number of para-hydroxylation sites is 3. The van der Waals surface area contributed by atoms with Crippen LogP contribution in [0.25, 0.3) is 11.0 Å². The Labute approximate surface area is 130 Å². The Morgan fingerprint density at radius 3 is 2.27 bits per heavy atom. The maximum absolute atomic E-state index is 8.37. The minimum atomic E-state index is 0.525. The molecule has 4 nitrogen and oxygen atoms in total. The van der Waals surface area contributed by atoms with Gasteiger partial charge in [-0.25, -0.2) is 0 Å². The maximum atomic E-state index is 8.37. The number of imidazole rings is 1. The van der Waals surface area contributed by atoms with Crippen molar-refractivity contribution < 1.29 is 4.74 Å². The second kappa shape index (κ2) is 6.10. The number of nitrogens with zero attached hydrogens (tertiary/aromatic N) is 2. The van der Waals surface area contributed by atoms with Gasteiger partial charge in [0.1, 0.15) is 12.4 Å². The Morgan fingerprint density at radius 2 is 1.59 bits per heavy atom. The third-order valence-corrected chi connectivity index (χ3v) is 3.96. The van der Waals surface area contributed by atoms with Crippen molar-refractivity contribution >= 4 is 11.0 Å². The van der Waals surface area contributed by atoms with Crippen LogP contribution in [0.2, 0.25) is 0 Å². The van der Waals surface area contributed by atoms with Crippen LogP contribution in [0.3, 0.4) is 0 Å². The summed E-state index contributed by atoms with van der Waals surface area (Å²) in [6.07, 6.45) is 0. The van der Waals surface area contributed by atoms with Crippen LogP contribution >= 0.6 is 0 Å². The zero-order chi connectivity index (χ0) is 15.5. The maximum Gasteiger partial charge on any atom is 0.203 e. The van der Waals surface area contributed by atoms with Gasteiger partial charge in [0.2, 0.25) is 5.62 Å². The third-order valence-electron chi connectivity index (χ3n) is 3.96. The molecule has 0 unspecified atom stereocenters. The van der Waals surface area contributed by atoms with Crippen LogP contribution < -0.4 is 10.4 Å². The van der Waals surface area contributed by atoms with Crippen LogP contribution in [-0.2, 0) is 13.1 Å². The molecule has 0 aliphatic rings. The topological polar surface area (TPSA) is 42.9 Å². The van der Waals surface area contributed by atoms with Gasteiger partial charge in [-0.2, -0.15) is 0 Å². The van der Waals surface area contributed by atoms with E-state index in [0.717, 1.165) is 28.9 Å². The molecule has 1 aromatic heterocycles. The van der Waals surface area contributed by atoms with E-state index >= 15 is 0 Å². The van der Waals surface area contributed by atoms with Crippen LogP contribution in [-0.4, -0.2) is 15.7 Å². The van der Waals surface area contributed by atoms with Crippen LogP contribution in [0, 0.1) is 12.3 Å². The molecule has 0 amide bonds. The van der Waals surface area contributed by atoms with Gasteiger partial charge in [0.25, 0.3) is 0 Å². The molecule has 3 aromatic rings. The summed E-state index contributed by atoms with van der Waals surface area (Å²) in [5, 5.41) is 8.37. The Bertz CT molecular complexity index is 845. The van der Waals surface area contributed by atoms with Crippen molar-refractivity contribution in [3.8, 4) is 5.75 Å². The minimum Gasteiger partial charge on any atom is -0.491 e. The number of benzene rings is 2. The largest absolute Gasteiger partial charge is 0.491 e. The van der Waals surface area contributed by atoms with Gasteiger partial charge < -0.3 is 13.9 Å². The quantitative estimate of drug-likeness (QED) is 0.771. The van der Waals surface area contributed by atoms with E-state index in [1.165, 1.54) is 0 Å². The highest BCUT2D eigenvalue weighted by molar-refractivity contribution is 5.75. The lowest BCUT2D eigenvalue weighted by molar-refractivity contribution is 0.295. The molecule has 0 fully saturated rings. The Kier molecular flexibility index (Phi) is 4.00. The van der Waals surface area contributed by atoms with Crippen molar-refractivity contribution in [1.82, 2.24) is 9.13 Å². The third kappa shape index (κ3) is 2.52. The summed E-state index contributed by atoms with van der Waals surface area (Å²) >= 11 is 0. The Balaban J connectivity index is 1.84. The molecule has 0 bridgehead atoms. The van der Waals surface area contributed by atoms with E-state index < -0.39 is 0 Å². The van der Waals surface area contributed by atoms with Crippen LogP contribution in [0.5, 0.6) is 5.75 Å². The highest BCUT2D eigenvalue weighted by Crippen LogP contribution is 2.17. The van der Waals surface area contributed by atoms with E-state index in [1.54, 1.807) is 0 Å². The molecule has 0 radical (unpaired) electrons. The molecule has 3 rings (SSSR count). The number of fused-ring (bicyclic) bond motifs is 1. The number of hydrogen-bond acceptors (Lipinski definition) is 2. The highest BCUT2D eigenvalue weighted by Gasteiger charge is 2.09. The summed E-state index contributed by atoms with van der Waals surface area (Å²) in [6.45, 7) is 6.13. The van der Waals surface area contributed by atoms with Crippen molar-refractivity contribution in [2.75, 3.05) is 6.61 Å². The first-order valence-corrected chi connectivity index (χ1v) is 7.63. The summed E-state index contributed by atoms with van der Waals surface area (Å²) in [5.41, 5.74) is 3.85. The summed E-state index contributed by atoms with van der Waals surface area (Å²) in [5.74, 6) is 0.911. The zero-order valence-corrected chi connectivity index (χ0v) is 13.0. The average molecular weight is 295 g/mol. The van der Waals surface area contributed by atoms with Crippen molar-refractivity contribution in [1.29, 1.82) is 5.41 Å². The molecular formula is C18H21N3O. The fourth-order valence-electron chi connectivity index (χ4n) is 2.81. The smallest absolute Gasteiger partial charge is 0.203 e. The lowest BCUT2D eigenvalue weighted by Gasteiger charge is -2.09. The van der Waals surface area contributed by atoms with Gasteiger partial charge >= 0.3 is 0 Å². The number of ether oxygens (including phenoxy) is 1. The van der Waals surface area contributed by atoms with Gasteiger partial charge in [0.05, 0.1) is 17.6 Å². The minimum absolute atomic E-state index is 0.525. The number of rotatable bonds is 5. The van der Waals surface area contributed by atoms with Gasteiger partial charge in [-0.3, -0.25) is 5.41 Å². The molecule has 4 heteroatoms. The summed E-state index contributed by atoms with van der Waals surface area (Å²) in [7, 11) is 0. The average Bonchev–Trinajstić information content (AvgIpc) is 2.81. The molecule has 0 saturated heterocycles. The van der Waals surface area contributed by atoms with E-state index in [0.29, 0.717) is 18.8 Å². The molecule has 0 atom stereocenters. The van der Waals surface area contributed by atoms with Gasteiger partial charge in [-0.1, -0.05) is 30.3 Å². The number of hydrogen-bond donors (Lipinski definition) is 1. The molecule has 1 heterocycles. The first-order valence-electron chi connectivity index (χ1n) is 7.63. The van der Waals surface area contributed by atoms with E-state index in [2.05, 4.69) is 19.1 Å². The Morgan fingerprint density at radius 1 is 0.955 bits per heavy atom. The second-order valence-electron chi connectivity index (χ2n) is 5.32. The fraction of sp³-hybridized carbons (Fsp3) is 0.278. The van der Waals surface area contributed by atoms with E-state index in [1.807, 2.05) is 52.5 Å². The van der Waals surface area contributed by atoms with E-state index in [9.17, 15) is 0 Å². The van der Waals surface area contributed by atoms with Gasteiger partial charge in [0.15, 0.2) is 0 Å². The van der Waals surface area contributed by atoms with E-state index in [-0.39, 0.29) is 0 Å². The van der Waals surface area contributed by atoms with Crippen molar-refractivity contribution in [3.63, 3.8) is 0 Å². The summed E-state index contributed by atoms with van der Waals surface area (Å²) in [6, 6.07) is 16.2. The zero-order valence-electron chi connectivity index (χ0n) is 13.0. The van der Waals surface area contributed by atoms with Crippen LogP contribution in [0.15, 0.2) is 48.5 Å². The monoisotopic (exact) mass is 295 g/mol. The predicted octanol–water partition coefficient (Wildman–Crippen LogP) is 3.33. The van der Waals surface area contributed by atoms with E-state index in [4.69, 9.17) is 10.1 Å². The molecule has 0 spiro atoms. The van der Waals surface area contributed by atoms with Gasteiger partial charge in [-0.05, 0) is 37.6 Å². The standard InChI is InChI=1S/C18H21N3O/c1-3-20-15-9-5-6-10-16(15)21(18(20)19)12-13-22-17-11-7-4-8-14(17)2/h4-11,19H,3,12-13H2,1-2H3. The van der Waals surface area contributed by atoms with Gasteiger partial charge in [0, 0.05) is 6.54 Å². The highest BCUT2D eigenvalue weighted by atomic mass is 16.5. The van der Waals surface area contributed by atoms with Crippen molar-refractivity contribution in [2.45, 2.75) is 26.9 Å². The lowest BCUT2D eigenvalue weighted by Crippen LogP contribution is -2.26. The summed E-state index contributed by atoms with van der Waals surface area (Å²) < 4.78 is 9.90. The lowest BCUT2D eigenvalue weighted by atomic mass is 10.2. The first kappa shape index (κ1) is 14.4. The first-order chi connectivity index (χ1) is 10.7. The molecule has 2 aromatic carbocycles. The van der Waals surface area contributed by atoms with Gasteiger partial charge in [-0.15, -0.1) is 0 Å². The molecule has 1 N–H and O–H groups in total. The molecule has 0 aliphatic carbocycles. The van der Waals surface area contributed by atoms with Crippen LogP contribution in [0.1, 0.15) is 12.5 Å². The predicted molar refractivity (Wildman–Crippen MR) is 88.1 cm³/mol. The fourth-order valence-corrected chi connectivity index (χ4v) is 2.81. The van der Waals surface area contributed by atoms with Crippen molar-refractivity contribution in [3.05, 3.63) is 59.7 Å². The number of aromatic nitrogens is 2. The second-order valence-corrected chi connectivity index (χ2v) is 5.32. The molecule has 0 aliphatic heterocycles.